The van der Waals surface area contributed by atoms with Crippen molar-refractivity contribution in [1.82, 2.24) is 5.32 Å². The van der Waals surface area contributed by atoms with E-state index in [-0.39, 0.29) is 11.3 Å². The summed E-state index contributed by atoms with van der Waals surface area (Å²) < 4.78 is 5.38. The predicted octanol–water partition coefficient (Wildman–Crippen LogP) is 3.83. The van der Waals surface area contributed by atoms with E-state index in [1.165, 1.54) is 18.4 Å². The van der Waals surface area contributed by atoms with E-state index in [0.29, 0.717) is 17.8 Å². The predicted molar refractivity (Wildman–Crippen MR) is 101 cm³/mol. The fourth-order valence-corrected chi connectivity index (χ4v) is 3.80. The molecular formula is C21H26N2O2. The van der Waals surface area contributed by atoms with Crippen LogP contribution in [0.3, 0.4) is 0 Å². The Balaban J connectivity index is 1.80. The molecule has 3 N–H and O–H groups in total. The van der Waals surface area contributed by atoms with Gasteiger partial charge in [-0.15, -0.1) is 0 Å². The molecule has 0 saturated heterocycles. The lowest BCUT2D eigenvalue weighted by atomic mass is 9.78. The van der Waals surface area contributed by atoms with Gasteiger partial charge in [-0.2, -0.15) is 0 Å². The van der Waals surface area contributed by atoms with Gasteiger partial charge >= 0.3 is 0 Å². The molecule has 3 rings (SSSR count). The molecule has 0 aliphatic heterocycles. The fourth-order valence-electron chi connectivity index (χ4n) is 3.80. The van der Waals surface area contributed by atoms with Crippen molar-refractivity contribution in [2.75, 3.05) is 19.4 Å². The Labute approximate surface area is 149 Å². The highest BCUT2D eigenvalue weighted by Gasteiger charge is 2.36. The molecule has 1 fully saturated rings. The first kappa shape index (κ1) is 17.3. The van der Waals surface area contributed by atoms with Crippen LogP contribution in [-0.2, 0) is 5.41 Å². The van der Waals surface area contributed by atoms with E-state index in [1.54, 1.807) is 13.2 Å². The van der Waals surface area contributed by atoms with Crippen molar-refractivity contribution in [3.05, 3.63) is 59.2 Å². The minimum absolute atomic E-state index is 0.0154. The molecule has 2 aromatic rings. The molecular weight excluding hydrogens is 312 g/mol. The highest BCUT2D eigenvalue weighted by atomic mass is 16.5. The van der Waals surface area contributed by atoms with Crippen LogP contribution in [-0.4, -0.2) is 19.6 Å². The zero-order valence-corrected chi connectivity index (χ0v) is 15.0. The molecule has 1 saturated carbocycles. The summed E-state index contributed by atoms with van der Waals surface area (Å²) >= 11 is 0. The minimum atomic E-state index is -0.0565. The molecule has 1 aliphatic rings. The number of nitrogens with one attached hydrogen (secondary N) is 1. The molecule has 0 radical (unpaired) electrons. The Bertz CT molecular complexity index is 764. The number of methoxy groups -OCH3 is 1. The summed E-state index contributed by atoms with van der Waals surface area (Å²) in [5.74, 6) is 0.806. The molecule has 0 aromatic heterocycles. The van der Waals surface area contributed by atoms with Crippen molar-refractivity contribution < 1.29 is 9.53 Å². The maximum Gasteiger partial charge on any atom is 0.251 e. The van der Waals surface area contributed by atoms with Gasteiger partial charge in [-0.3, -0.25) is 4.79 Å². The maximum atomic E-state index is 12.7. The van der Waals surface area contributed by atoms with Gasteiger partial charge in [0.2, 0.25) is 0 Å². The zero-order chi connectivity index (χ0) is 17.9. The molecule has 0 unspecified atom stereocenters. The molecule has 0 spiro atoms. The number of nitrogens with two attached hydrogens (primary N) is 1. The number of aryl methyl sites for hydroxylation is 1. The summed E-state index contributed by atoms with van der Waals surface area (Å²) in [6.45, 7) is 2.56. The molecule has 132 valence electrons. The molecule has 4 heteroatoms. The monoisotopic (exact) mass is 338 g/mol. The van der Waals surface area contributed by atoms with Crippen molar-refractivity contribution in [2.45, 2.75) is 38.0 Å². The van der Waals surface area contributed by atoms with Gasteiger partial charge in [0.15, 0.2) is 0 Å². The van der Waals surface area contributed by atoms with E-state index < -0.39 is 0 Å². The van der Waals surface area contributed by atoms with E-state index in [9.17, 15) is 4.79 Å². The van der Waals surface area contributed by atoms with Crippen LogP contribution in [0.1, 0.15) is 47.2 Å². The first-order valence-electron chi connectivity index (χ1n) is 8.83. The number of carbonyl (C=O) groups excluding carboxylic acids is 1. The topological polar surface area (TPSA) is 64.3 Å². The Kier molecular flexibility index (Phi) is 4.98. The average molecular weight is 338 g/mol. The second kappa shape index (κ2) is 7.18. The van der Waals surface area contributed by atoms with Gasteiger partial charge in [0.1, 0.15) is 5.75 Å². The Morgan fingerprint density at radius 2 is 1.96 bits per heavy atom. The maximum absolute atomic E-state index is 12.7. The summed E-state index contributed by atoms with van der Waals surface area (Å²) in [4.78, 5) is 12.7. The number of ether oxygens (including phenoxy) is 1. The van der Waals surface area contributed by atoms with E-state index in [2.05, 4.69) is 17.4 Å². The van der Waals surface area contributed by atoms with Crippen LogP contribution < -0.4 is 15.8 Å². The van der Waals surface area contributed by atoms with Crippen molar-refractivity contribution in [1.29, 1.82) is 0 Å². The number of hydrogen-bond acceptors (Lipinski definition) is 3. The fraction of sp³-hybridized carbons (Fsp3) is 0.381. The van der Waals surface area contributed by atoms with E-state index in [1.807, 2.05) is 31.2 Å². The number of nitrogen functional groups attached to an aromatic ring is 1. The molecule has 25 heavy (non-hydrogen) atoms. The molecule has 0 atom stereocenters. The third-order valence-electron chi connectivity index (χ3n) is 5.34. The highest BCUT2D eigenvalue weighted by Crippen LogP contribution is 2.41. The van der Waals surface area contributed by atoms with Crippen molar-refractivity contribution in [3.8, 4) is 5.75 Å². The Morgan fingerprint density at radius 3 is 2.68 bits per heavy atom. The van der Waals surface area contributed by atoms with Gasteiger partial charge in [-0.05, 0) is 55.2 Å². The molecule has 0 bridgehead atoms. The summed E-state index contributed by atoms with van der Waals surface area (Å²) in [6.07, 6.45) is 4.53. The van der Waals surface area contributed by atoms with Crippen LogP contribution in [0.25, 0.3) is 0 Å². The summed E-state index contributed by atoms with van der Waals surface area (Å²) in [5.41, 5.74) is 9.27. The normalized spacial score (nSPS) is 15.8. The zero-order valence-electron chi connectivity index (χ0n) is 15.0. The smallest absolute Gasteiger partial charge is 0.251 e. The van der Waals surface area contributed by atoms with E-state index in [0.717, 1.165) is 24.2 Å². The van der Waals surface area contributed by atoms with Crippen molar-refractivity contribution in [2.24, 2.45) is 0 Å². The number of carbonyl (C=O) groups is 1. The van der Waals surface area contributed by atoms with Crippen LogP contribution in [0.4, 0.5) is 5.69 Å². The van der Waals surface area contributed by atoms with Crippen LogP contribution >= 0.6 is 0 Å². The van der Waals surface area contributed by atoms with Crippen LogP contribution in [0.2, 0.25) is 0 Å². The van der Waals surface area contributed by atoms with Gasteiger partial charge in [0.05, 0.1) is 7.11 Å². The van der Waals surface area contributed by atoms with Gasteiger partial charge in [0.25, 0.3) is 5.91 Å². The highest BCUT2D eigenvalue weighted by molar-refractivity contribution is 5.96. The third kappa shape index (κ3) is 3.63. The lowest BCUT2D eigenvalue weighted by Crippen LogP contribution is -2.39. The quantitative estimate of drug-likeness (QED) is 0.815. The SMILES string of the molecule is COc1cccc(C2(CNC(=O)c3cc(N)ccc3C)CCCC2)c1. The van der Waals surface area contributed by atoms with Gasteiger partial charge < -0.3 is 15.8 Å². The van der Waals surface area contributed by atoms with Crippen LogP contribution in [0.5, 0.6) is 5.75 Å². The van der Waals surface area contributed by atoms with Gasteiger partial charge in [0, 0.05) is 23.2 Å². The number of amides is 1. The lowest BCUT2D eigenvalue weighted by Gasteiger charge is -2.30. The third-order valence-corrected chi connectivity index (χ3v) is 5.34. The lowest BCUT2D eigenvalue weighted by molar-refractivity contribution is 0.0942. The number of rotatable bonds is 5. The van der Waals surface area contributed by atoms with Crippen LogP contribution in [0.15, 0.2) is 42.5 Å². The van der Waals surface area contributed by atoms with Crippen molar-refractivity contribution >= 4 is 11.6 Å². The number of benzene rings is 2. The standard InChI is InChI=1S/C21H26N2O2/c1-15-8-9-17(22)13-19(15)20(24)23-14-21(10-3-4-11-21)16-6-5-7-18(12-16)25-2/h5-9,12-13H,3-4,10-11,14,22H2,1-2H3,(H,23,24). The molecule has 0 heterocycles. The summed E-state index contributed by atoms with van der Waals surface area (Å²) in [7, 11) is 1.69. The molecule has 2 aromatic carbocycles. The van der Waals surface area contributed by atoms with Crippen molar-refractivity contribution in [3.63, 3.8) is 0 Å². The summed E-state index contributed by atoms with van der Waals surface area (Å²) in [5, 5.41) is 3.15. The average Bonchev–Trinajstić information content (AvgIpc) is 3.12. The molecule has 1 aliphatic carbocycles. The van der Waals surface area contributed by atoms with Gasteiger partial charge in [-0.25, -0.2) is 0 Å². The molecule has 4 nitrogen and oxygen atoms in total. The largest absolute Gasteiger partial charge is 0.497 e. The van der Waals surface area contributed by atoms with Gasteiger partial charge in [-0.1, -0.05) is 31.0 Å². The first-order valence-corrected chi connectivity index (χ1v) is 8.83. The second-order valence-corrected chi connectivity index (χ2v) is 6.98. The first-order chi connectivity index (χ1) is 12.0. The number of anilines is 1. The Morgan fingerprint density at radius 1 is 1.20 bits per heavy atom. The second-order valence-electron chi connectivity index (χ2n) is 6.98. The Hall–Kier alpha value is -2.49. The van der Waals surface area contributed by atoms with E-state index >= 15 is 0 Å². The number of hydrogen-bond donors (Lipinski definition) is 2. The summed E-state index contributed by atoms with van der Waals surface area (Å²) in [6, 6.07) is 13.7. The van der Waals surface area contributed by atoms with E-state index in [4.69, 9.17) is 10.5 Å². The van der Waals surface area contributed by atoms with Crippen LogP contribution in [0, 0.1) is 6.92 Å². The molecule has 1 amide bonds. The minimum Gasteiger partial charge on any atom is -0.497 e.